The highest BCUT2D eigenvalue weighted by Gasteiger charge is 2.54. The van der Waals surface area contributed by atoms with Crippen LogP contribution in [0.5, 0.6) is 0 Å². The van der Waals surface area contributed by atoms with Gasteiger partial charge in [0.15, 0.2) is 0 Å². The number of hydrogen-bond donors (Lipinski definition) is 4. The Morgan fingerprint density at radius 3 is 2.90 bits per heavy atom. The molecule has 0 unspecified atom stereocenters. The van der Waals surface area contributed by atoms with Gasteiger partial charge in [0.25, 0.3) is 0 Å². The number of halogens is 1. The summed E-state index contributed by atoms with van der Waals surface area (Å²) >= 11 is 0. The van der Waals surface area contributed by atoms with E-state index in [2.05, 4.69) is 15.5 Å². The van der Waals surface area contributed by atoms with Crippen LogP contribution in [0.3, 0.4) is 0 Å². The zero-order valence-electron chi connectivity index (χ0n) is 11.4. The van der Waals surface area contributed by atoms with Crippen molar-refractivity contribution in [1.82, 2.24) is 15.1 Å². The largest absolute Gasteiger partial charge is 0.385 e. The molecule has 5 N–H and O–H groups in total. The fraction of sp³-hybridized carbons (Fsp3) is 0.538. The molecule has 1 aromatic heterocycles. The minimum absolute atomic E-state index is 0.147. The summed E-state index contributed by atoms with van der Waals surface area (Å²) in [4.78, 5) is 1.77. The summed E-state index contributed by atoms with van der Waals surface area (Å²) in [7, 11) is 0. The van der Waals surface area contributed by atoms with Gasteiger partial charge in [0.1, 0.15) is 23.1 Å². The van der Waals surface area contributed by atoms with Crippen LogP contribution in [0, 0.1) is 18.3 Å². The van der Waals surface area contributed by atoms with Crippen molar-refractivity contribution in [2.24, 2.45) is 11.7 Å². The molecule has 2 aliphatic rings. The van der Waals surface area contributed by atoms with Gasteiger partial charge in [-0.2, -0.15) is 5.10 Å². The number of H-pyrrole nitrogens is 1. The summed E-state index contributed by atoms with van der Waals surface area (Å²) in [5.41, 5.74) is 5.67. The molecule has 1 aromatic rings. The predicted molar refractivity (Wildman–Crippen MR) is 75.1 cm³/mol. The second-order valence-corrected chi connectivity index (χ2v) is 5.70. The second kappa shape index (κ2) is 4.50. The van der Waals surface area contributed by atoms with E-state index in [9.17, 15) is 4.39 Å². The summed E-state index contributed by atoms with van der Waals surface area (Å²) in [5, 5.41) is 17.4. The van der Waals surface area contributed by atoms with Crippen LogP contribution >= 0.6 is 0 Å². The summed E-state index contributed by atoms with van der Waals surface area (Å²) in [5.74, 6) is 1.43. The maximum absolute atomic E-state index is 14.2. The van der Waals surface area contributed by atoms with Crippen molar-refractivity contribution in [3.05, 3.63) is 23.7 Å². The first-order valence-electron chi connectivity index (χ1n) is 6.75. The second-order valence-electron chi connectivity index (χ2n) is 5.70. The van der Waals surface area contributed by atoms with E-state index in [1.807, 2.05) is 6.92 Å². The highest BCUT2D eigenvalue weighted by molar-refractivity contribution is 6.01. The Balaban J connectivity index is 1.54. The average molecular weight is 278 g/mol. The number of nitrogens with two attached hydrogens (primary N) is 1. The smallest absolute Gasteiger partial charge is 0.148 e. The molecule has 0 atom stereocenters. The number of aromatic amines is 1. The van der Waals surface area contributed by atoms with E-state index < -0.39 is 5.67 Å². The van der Waals surface area contributed by atoms with Crippen molar-refractivity contribution in [3.8, 4) is 0 Å². The third-order valence-corrected chi connectivity index (χ3v) is 3.85. The molecule has 2 fully saturated rings. The highest BCUT2D eigenvalue weighted by atomic mass is 19.1. The molecule has 0 amide bonds. The number of anilines is 1. The molecule has 108 valence electrons. The molecule has 0 bridgehead atoms. The lowest BCUT2D eigenvalue weighted by molar-refractivity contribution is -0.0285. The first kappa shape index (κ1) is 13.0. The van der Waals surface area contributed by atoms with Crippen LogP contribution in [0.15, 0.2) is 18.0 Å². The van der Waals surface area contributed by atoms with Crippen LogP contribution in [0.1, 0.15) is 18.5 Å². The maximum atomic E-state index is 14.2. The Kier molecular flexibility index (Phi) is 2.92. The van der Waals surface area contributed by atoms with Crippen LogP contribution in [0.2, 0.25) is 0 Å². The van der Waals surface area contributed by atoms with Crippen molar-refractivity contribution < 1.29 is 4.39 Å². The zero-order valence-corrected chi connectivity index (χ0v) is 11.4. The van der Waals surface area contributed by atoms with Crippen LogP contribution in [-0.2, 0) is 0 Å². The molecular weight excluding hydrogens is 259 g/mol. The molecule has 3 rings (SSSR count). The number of aryl methyl sites for hydroxylation is 1. The monoisotopic (exact) mass is 278 g/mol. The van der Waals surface area contributed by atoms with Gasteiger partial charge in [-0.1, -0.05) is 0 Å². The van der Waals surface area contributed by atoms with Crippen molar-refractivity contribution in [3.63, 3.8) is 0 Å². The van der Waals surface area contributed by atoms with E-state index in [4.69, 9.17) is 11.1 Å². The van der Waals surface area contributed by atoms with Gasteiger partial charge in [-0.15, -0.1) is 0 Å². The number of alkyl halides is 1. The molecule has 20 heavy (non-hydrogen) atoms. The normalized spacial score (nSPS) is 21.5. The summed E-state index contributed by atoms with van der Waals surface area (Å²) < 4.78 is 14.2. The molecule has 2 heterocycles. The number of hydrogen-bond acceptors (Lipinski definition) is 4. The Labute approximate surface area is 116 Å². The van der Waals surface area contributed by atoms with E-state index >= 15 is 0 Å². The Morgan fingerprint density at radius 1 is 1.65 bits per heavy atom. The Hall–Kier alpha value is -2.05. The van der Waals surface area contributed by atoms with Gasteiger partial charge in [-0.3, -0.25) is 10.5 Å². The average Bonchev–Trinajstić information content (AvgIpc) is 3.10. The molecule has 1 saturated carbocycles. The number of likely N-dealkylation sites (tertiary alicyclic amines) is 1. The lowest BCUT2D eigenvalue weighted by Crippen LogP contribution is -2.60. The number of aromatic nitrogens is 2. The van der Waals surface area contributed by atoms with Crippen molar-refractivity contribution in [2.45, 2.75) is 25.4 Å². The molecule has 6 nitrogen and oxygen atoms in total. The van der Waals surface area contributed by atoms with Crippen molar-refractivity contribution >= 4 is 11.7 Å². The van der Waals surface area contributed by atoms with Gasteiger partial charge in [-0.05, 0) is 25.7 Å². The van der Waals surface area contributed by atoms with Gasteiger partial charge in [0.05, 0.1) is 18.8 Å². The van der Waals surface area contributed by atoms with Crippen LogP contribution in [0.4, 0.5) is 10.2 Å². The van der Waals surface area contributed by atoms with E-state index in [1.165, 1.54) is 6.08 Å². The molecule has 0 aromatic carbocycles. The number of nitrogens with one attached hydrogen (secondary N) is 3. The zero-order chi connectivity index (χ0) is 14.3. The summed E-state index contributed by atoms with van der Waals surface area (Å²) in [6.07, 6.45) is 3.48. The molecule has 1 saturated heterocycles. The molecule has 1 aliphatic carbocycles. The van der Waals surface area contributed by atoms with E-state index in [0.717, 1.165) is 18.5 Å². The first-order valence-corrected chi connectivity index (χ1v) is 6.75. The Bertz CT molecular complexity index is 553. The van der Waals surface area contributed by atoms with Crippen LogP contribution < -0.4 is 11.1 Å². The van der Waals surface area contributed by atoms with E-state index in [1.54, 1.807) is 11.0 Å². The molecule has 0 spiro atoms. The lowest BCUT2D eigenvalue weighted by Gasteiger charge is -2.46. The van der Waals surface area contributed by atoms with Gasteiger partial charge < -0.3 is 16.0 Å². The lowest BCUT2D eigenvalue weighted by atomic mass is 9.91. The number of rotatable bonds is 4. The van der Waals surface area contributed by atoms with Crippen molar-refractivity contribution in [1.29, 1.82) is 5.41 Å². The minimum atomic E-state index is -1.06. The van der Waals surface area contributed by atoms with Gasteiger partial charge in [0.2, 0.25) is 0 Å². The fourth-order valence-corrected chi connectivity index (χ4v) is 2.54. The first-order chi connectivity index (χ1) is 9.46. The topological polar surface area (TPSA) is 93.8 Å². The summed E-state index contributed by atoms with van der Waals surface area (Å²) in [6, 6.07) is 1.79. The highest BCUT2D eigenvalue weighted by Crippen LogP contribution is 2.47. The van der Waals surface area contributed by atoms with Crippen LogP contribution in [0.25, 0.3) is 0 Å². The maximum Gasteiger partial charge on any atom is 0.148 e. The van der Waals surface area contributed by atoms with Crippen molar-refractivity contribution in [2.75, 3.05) is 18.4 Å². The quantitative estimate of drug-likeness (QED) is 0.494. The van der Waals surface area contributed by atoms with Crippen LogP contribution in [-0.4, -0.2) is 39.7 Å². The van der Waals surface area contributed by atoms with Gasteiger partial charge in [-0.25, -0.2) is 4.39 Å². The molecule has 7 heteroatoms. The molecule has 0 radical (unpaired) electrons. The van der Waals surface area contributed by atoms with Gasteiger partial charge in [0, 0.05) is 12.1 Å². The number of nitrogens with zero attached hydrogens (tertiary/aromatic N) is 2. The standard InChI is InChI=1S/C13H19FN6/c1-8-4-12(19-18-8)17-10(15)5-11(16)20-6-13(14,7-20)9-2-3-9/h4-5,9H,2-3,6-7,16H2,1H3,(H3,15,17,18,19)/b11-5+. The van der Waals surface area contributed by atoms with Gasteiger partial charge >= 0.3 is 0 Å². The minimum Gasteiger partial charge on any atom is -0.385 e. The Morgan fingerprint density at radius 2 is 2.35 bits per heavy atom. The molecular formula is C13H19FN6. The van der Waals surface area contributed by atoms with E-state index in [0.29, 0.717) is 24.7 Å². The predicted octanol–water partition coefficient (Wildman–Crippen LogP) is 1.34. The summed E-state index contributed by atoms with van der Waals surface area (Å²) in [6.45, 7) is 2.54. The fourth-order valence-electron chi connectivity index (χ4n) is 2.54. The van der Waals surface area contributed by atoms with E-state index in [-0.39, 0.29) is 11.8 Å². The molecule has 1 aliphatic heterocycles. The number of amidine groups is 1. The third-order valence-electron chi connectivity index (χ3n) is 3.85. The SMILES string of the molecule is Cc1cc(NC(=N)/C=C(\N)N2CC(F)(C3CC3)C2)[nH]n1. The third kappa shape index (κ3) is 2.48.